The third-order valence-electron chi connectivity index (χ3n) is 2.43. The Labute approximate surface area is 115 Å². The predicted molar refractivity (Wildman–Crippen MR) is 77.2 cm³/mol. The largest absolute Gasteiger partial charge is 0.349 e. The van der Waals surface area contributed by atoms with Crippen molar-refractivity contribution in [2.45, 2.75) is 6.04 Å². The van der Waals surface area contributed by atoms with Crippen molar-refractivity contribution in [2.24, 2.45) is 4.99 Å². The molecule has 0 aliphatic carbocycles. The van der Waals surface area contributed by atoms with Gasteiger partial charge in [0, 0.05) is 16.3 Å². The van der Waals surface area contributed by atoms with Crippen molar-refractivity contribution >= 4 is 34.3 Å². The molecule has 94 valence electrons. The zero-order valence-corrected chi connectivity index (χ0v) is 11.3. The molecule has 0 spiro atoms. The molecule has 1 aromatic carbocycles. The fourth-order valence-electron chi connectivity index (χ4n) is 1.55. The summed E-state index contributed by atoms with van der Waals surface area (Å²) >= 11 is 7.20. The summed E-state index contributed by atoms with van der Waals surface area (Å²) in [5.74, 6) is 0.570. The first-order valence-corrected chi connectivity index (χ1v) is 6.90. The second-order valence-corrected chi connectivity index (χ2v) is 5.41. The Morgan fingerprint density at radius 3 is 2.89 bits per heavy atom. The Hall–Kier alpha value is -1.26. The highest BCUT2D eigenvalue weighted by Crippen LogP contribution is 2.23. The minimum atomic E-state index is -0.332. The number of carbonyl (C=O) groups is 1. The molecule has 1 aliphatic rings. The molecule has 0 bridgehead atoms. The van der Waals surface area contributed by atoms with Crippen molar-refractivity contribution in [1.82, 2.24) is 5.32 Å². The molecule has 0 saturated carbocycles. The number of aliphatic imine (C=N–C) groups is 1. The van der Waals surface area contributed by atoms with Crippen LogP contribution in [-0.4, -0.2) is 29.3 Å². The molecule has 18 heavy (non-hydrogen) atoms. The Morgan fingerprint density at radius 2 is 2.22 bits per heavy atom. The van der Waals surface area contributed by atoms with E-state index in [1.54, 1.807) is 11.8 Å². The highest BCUT2D eigenvalue weighted by molar-refractivity contribution is 8.14. The van der Waals surface area contributed by atoms with E-state index in [2.05, 4.69) is 16.9 Å². The van der Waals surface area contributed by atoms with Crippen molar-refractivity contribution in [2.75, 3.05) is 12.3 Å². The van der Waals surface area contributed by atoms with Gasteiger partial charge in [0.2, 0.25) is 5.91 Å². The van der Waals surface area contributed by atoms with Gasteiger partial charge in [0.1, 0.15) is 6.04 Å². The van der Waals surface area contributed by atoms with Crippen LogP contribution >= 0.6 is 23.4 Å². The molecule has 1 amide bonds. The van der Waals surface area contributed by atoms with E-state index in [0.717, 1.165) is 10.6 Å². The average Bonchev–Trinajstić information content (AvgIpc) is 2.86. The van der Waals surface area contributed by atoms with Gasteiger partial charge in [0.15, 0.2) is 0 Å². The number of carbonyl (C=O) groups excluding carboxylic acids is 1. The Kier molecular flexibility index (Phi) is 4.44. The summed E-state index contributed by atoms with van der Waals surface area (Å²) in [5, 5.41) is 4.04. The highest BCUT2D eigenvalue weighted by Gasteiger charge is 2.25. The lowest BCUT2D eigenvalue weighted by molar-refractivity contribution is -0.121. The second-order valence-electron chi connectivity index (χ2n) is 3.86. The number of rotatable bonds is 4. The molecular weight excluding hydrogens is 268 g/mol. The van der Waals surface area contributed by atoms with E-state index in [0.29, 0.717) is 10.8 Å². The van der Waals surface area contributed by atoms with E-state index in [1.165, 1.54) is 0 Å². The lowest BCUT2D eigenvalue weighted by Crippen LogP contribution is -2.34. The molecule has 2 rings (SSSR count). The van der Waals surface area contributed by atoms with Crippen LogP contribution in [0.15, 0.2) is 46.9 Å². The number of halogens is 1. The van der Waals surface area contributed by atoms with Gasteiger partial charge < -0.3 is 5.32 Å². The number of hydrogen-bond donors (Lipinski definition) is 1. The summed E-state index contributed by atoms with van der Waals surface area (Å²) in [5.41, 5.74) is 1.06. The first-order chi connectivity index (χ1) is 8.66. The van der Waals surface area contributed by atoms with Crippen LogP contribution in [0.4, 0.5) is 0 Å². The van der Waals surface area contributed by atoms with E-state index >= 15 is 0 Å². The number of hydrogen-bond acceptors (Lipinski definition) is 3. The van der Waals surface area contributed by atoms with Crippen LogP contribution in [0.1, 0.15) is 5.56 Å². The second kappa shape index (κ2) is 6.07. The number of benzene rings is 1. The maximum absolute atomic E-state index is 11.8. The molecule has 5 heteroatoms. The van der Waals surface area contributed by atoms with Gasteiger partial charge in [0.25, 0.3) is 0 Å². The van der Waals surface area contributed by atoms with Gasteiger partial charge in [0.05, 0.1) is 11.6 Å². The Bertz CT molecular complexity index is 487. The third-order valence-corrected chi connectivity index (χ3v) is 3.66. The fourth-order valence-corrected chi connectivity index (χ4v) is 2.66. The van der Waals surface area contributed by atoms with E-state index in [9.17, 15) is 4.79 Å². The zero-order chi connectivity index (χ0) is 13.0. The third kappa shape index (κ3) is 3.37. The summed E-state index contributed by atoms with van der Waals surface area (Å²) in [6, 6.07) is 9.53. The number of thioether (sulfide) groups is 1. The van der Waals surface area contributed by atoms with Crippen molar-refractivity contribution in [3.8, 4) is 0 Å². The lowest BCUT2D eigenvalue weighted by atomic mass is 10.2. The monoisotopic (exact) mass is 280 g/mol. The lowest BCUT2D eigenvalue weighted by Gasteiger charge is -2.06. The van der Waals surface area contributed by atoms with Gasteiger partial charge >= 0.3 is 0 Å². The molecule has 1 atom stereocenters. The van der Waals surface area contributed by atoms with E-state index < -0.39 is 0 Å². The Morgan fingerprint density at radius 1 is 1.50 bits per heavy atom. The molecule has 1 aromatic rings. The summed E-state index contributed by atoms with van der Waals surface area (Å²) in [6.45, 7) is 3.82. The standard InChI is InChI=1S/C13H13ClN2OS/c1-9(14)7-15-12(17)11-8-18-13(16-11)10-5-3-2-4-6-10/h2-6,11H,1,7-8H2,(H,15,17). The smallest absolute Gasteiger partial charge is 0.246 e. The van der Waals surface area contributed by atoms with Crippen LogP contribution in [0.5, 0.6) is 0 Å². The van der Waals surface area contributed by atoms with Gasteiger partial charge in [-0.25, -0.2) is 0 Å². The van der Waals surface area contributed by atoms with E-state index in [1.807, 2.05) is 30.3 Å². The molecule has 0 radical (unpaired) electrons. The van der Waals surface area contributed by atoms with Crippen molar-refractivity contribution in [3.05, 3.63) is 47.5 Å². The van der Waals surface area contributed by atoms with Crippen molar-refractivity contribution < 1.29 is 4.79 Å². The first-order valence-electron chi connectivity index (χ1n) is 5.54. The molecule has 0 saturated heterocycles. The minimum Gasteiger partial charge on any atom is -0.349 e. The van der Waals surface area contributed by atoms with Crippen LogP contribution in [-0.2, 0) is 4.79 Å². The molecular formula is C13H13ClN2OS. The van der Waals surface area contributed by atoms with Crippen molar-refractivity contribution in [1.29, 1.82) is 0 Å². The minimum absolute atomic E-state index is 0.102. The summed E-state index contributed by atoms with van der Waals surface area (Å²) in [6.07, 6.45) is 0. The zero-order valence-electron chi connectivity index (χ0n) is 9.73. The van der Waals surface area contributed by atoms with E-state index in [4.69, 9.17) is 11.6 Å². The van der Waals surface area contributed by atoms with Gasteiger partial charge in [-0.05, 0) is 0 Å². The Balaban J connectivity index is 2.00. The molecule has 1 heterocycles. The summed E-state index contributed by atoms with van der Waals surface area (Å²) in [7, 11) is 0. The summed E-state index contributed by atoms with van der Waals surface area (Å²) in [4.78, 5) is 16.2. The quantitative estimate of drug-likeness (QED) is 0.920. The normalized spacial score (nSPS) is 18.3. The van der Waals surface area contributed by atoms with Crippen molar-refractivity contribution in [3.63, 3.8) is 0 Å². The topological polar surface area (TPSA) is 41.5 Å². The number of amides is 1. The number of nitrogens with one attached hydrogen (secondary N) is 1. The first kappa shape index (κ1) is 13.2. The maximum Gasteiger partial charge on any atom is 0.246 e. The molecule has 1 unspecified atom stereocenters. The molecule has 1 N–H and O–H groups in total. The predicted octanol–water partition coefficient (Wildman–Crippen LogP) is 2.42. The van der Waals surface area contributed by atoms with Gasteiger partial charge in [-0.3, -0.25) is 9.79 Å². The summed E-state index contributed by atoms with van der Waals surface area (Å²) < 4.78 is 0. The maximum atomic E-state index is 11.8. The highest BCUT2D eigenvalue weighted by atomic mass is 35.5. The fraction of sp³-hybridized carbons (Fsp3) is 0.231. The number of nitrogens with zero attached hydrogens (tertiary/aromatic N) is 1. The molecule has 0 fully saturated rings. The van der Waals surface area contributed by atoms with Crippen LogP contribution in [0.25, 0.3) is 0 Å². The molecule has 0 aromatic heterocycles. The van der Waals surface area contributed by atoms with Gasteiger partial charge in [-0.2, -0.15) is 0 Å². The molecule has 3 nitrogen and oxygen atoms in total. The molecule has 1 aliphatic heterocycles. The van der Waals surface area contributed by atoms with E-state index in [-0.39, 0.29) is 18.5 Å². The van der Waals surface area contributed by atoms with Crippen LogP contribution in [0, 0.1) is 0 Å². The van der Waals surface area contributed by atoms with Gasteiger partial charge in [-0.15, -0.1) is 11.8 Å². The van der Waals surface area contributed by atoms with Crippen LogP contribution in [0.2, 0.25) is 0 Å². The van der Waals surface area contributed by atoms with Crippen LogP contribution < -0.4 is 5.32 Å². The van der Waals surface area contributed by atoms with Gasteiger partial charge in [-0.1, -0.05) is 48.5 Å². The SMILES string of the molecule is C=C(Cl)CNC(=O)C1CSC(c2ccccc2)=N1. The van der Waals surface area contributed by atoms with Crippen LogP contribution in [0.3, 0.4) is 0 Å². The average molecular weight is 281 g/mol.